The highest BCUT2D eigenvalue weighted by Crippen LogP contribution is 2.35. The second-order valence-corrected chi connectivity index (χ2v) is 8.01. The molecule has 1 amide bonds. The zero-order chi connectivity index (χ0) is 18.2. The number of carbonyl (C=O) groups excluding carboxylic acids is 1. The molecule has 138 valence electrons. The standard InChI is InChI=1S/C21H20N2O3S/c24-21(15-5-6-17-18(13-15)26-12-11-25-17)23-9-7-14(8-10-23)20-22-16-3-1-2-4-19(16)27-20/h1-6,13-14H,7-12H2. The Balaban J connectivity index is 1.28. The molecule has 0 unspecified atom stereocenters. The molecule has 0 atom stereocenters. The Bertz CT molecular complexity index is 959. The number of amides is 1. The van der Waals surface area contributed by atoms with Gasteiger partial charge >= 0.3 is 0 Å². The zero-order valence-corrected chi connectivity index (χ0v) is 15.7. The van der Waals surface area contributed by atoms with Gasteiger partial charge in [0.2, 0.25) is 0 Å². The number of piperidine rings is 1. The van der Waals surface area contributed by atoms with Crippen molar-refractivity contribution in [2.45, 2.75) is 18.8 Å². The molecule has 2 aromatic carbocycles. The molecule has 3 aromatic rings. The Kier molecular flexibility index (Phi) is 4.20. The molecule has 27 heavy (non-hydrogen) atoms. The number of hydrogen-bond donors (Lipinski definition) is 0. The second kappa shape index (κ2) is 6.85. The van der Waals surface area contributed by atoms with Crippen LogP contribution in [0.3, 0.4) is 0 Å². The molecule has 1 aromatic heterocycles. The van der Waals surface area contributed by atoms with E-state index in [9.17, 15) is 4.79 Å². The molecule has 5 rings (SSSR count). The van der Waals surface area contributed by atoms with E-state index in [1.807, 2.05) is 23.1 Å². The number of likely N-dealkylation sites (tertiary alicyclic amines) is 1. The van der Waals surface area contributed by atoms with Crippen molar-refractivity contribution in [3.63, 3.8) is 0 Å². The third-order valence-corrected chi connectivity index (χ3v) is 6.43. The van der Waals surface area contributed by atoms with Gasteiger partial charge in [-0.3, -0.25) is 4.79 Å². The van der Waals surface area contributed by atoms with Gasteiger partial charge in [-0.2, -0.15) is 0 Å². The van der Waals surface area contributed by atoms with Crippen LogP contribution in [0.15, 0.2) is 42.5 Å². The van der Waals surface area contributed by atoms with Gasteiger partial charge in [-0.25, -0.2) is 4.98 Å². The normalized spacial score (nSPS) is 17.3. The van der Waals surface area contributed by atoms with E-state index in [1.54, 1.807) is 17.4 Å². The fourth-order valence-electron chi connectivity index (χ4n) is 3.75. The van der Waals surface area contributed by atoms with Crippen molar-refractivity contribution in [1.29, 1.82) is 0 Å². The van der Waals surface area contributed by atoms with Gasteiger partial charge in [-0.05, 0) is 43.2 Å². The molecular weight excluding hydrogens is 360 g/mol. The highest BCUT2D eigenvalue weighted by Gasteiger charge is 2.27. The van der Waals surface area contributed by atoms with Crippen LogP contribution in [0.5, 0.6) is 11.5 Å². The van der Waals surface area contributed by atoms with Crippen LogP contribution in [0.25, 0.3) is 10.2 Å². The van der Waals surface area contributed by atoms with Crippen LogP contribution < -0.4 is 9.47 Å². The van der Waals surface area contributed by atoms with Crippen LogP contribution in [0.2, 0.25) is 0 Å². The molecule has 0 spiro atoms. The number of hydrogen-bond acceptors (Lipinski definition) is 5. The average Bonchev–Trinajstić information content (AvgIpc) is 3.17. The fraction of sp³-hybridized carbons (Fsp3) is 0.333. The number of thiazole rings is 1. The van der Waals surface area contributed by atoms with Gasteiger partial charge in [0.15, 0.2) is 11.5 Å². The number of rotatable bonds is 2. The van der Waals surface area contributed by atoms with Crippen LogP contribution in [-0.4, -0.2) is 42.1 Å². The summed E-state index contributed by atoms with van der Waals surface area (Å²) in [6, 6.07) is 13.7. The first-order valence-corrected chi connectivity index (χ1v) is 10.1. The SMILES string of the molecule is O=C(c1ccc2c(c1)OCCO2)N1CCC(c2nc3ccccc3s2)CC1. The van der Waals surface area contributed by atoms with Crippen LogP contribution >= 0.6 is 11.3 Å². The first kappa shape index (κ1) is 16.6. The lowest BCUT2D eigenvalue weighted by Gasteiger charge is -2.31. The lowest BCUT2D eigenvalue weighted by atomic mass is 9.97. The molecule has 0 saturated carbocycles. The maximum atomic E-state index is 12.9. The van der Waals surface area contributed by atoms with Crippen molar-refractivity contribution in [2.24, 2.45) is 0 Å². The van der Waals surface area contributed by atoms with Gasteiger partial charge < -0.3 is 14.4 Å². The quantitative estimate of drug-likeness (QED) is 0.672. The summed E-state index contributed by atoms with van der Waals surface area (Å²) in [5, 5.41) is 1.20. The summed E-state index contributed by atoms with van der Waals surface area (Å²) in [6.07, 6.45) is 1.91. The average molecular weight is 380 g/mol. The molecule has 1 saturated heterocycles. The van der Waals surface area contributed by atoms with Gasteiger partial charge in [-0.15, -0.1) is 11.3 Å². The van der Waals surface area contributed by atoms with E-state index in [1.165, 1.54) is 9.71 Å². The van der Waals surface area contributed by atoms with Crippen molar-refractivity contribution < 1.29 is 14.3 Å². The summed E-state index contributed by atoms with van der Waals surface area (Å²) >= 11 is 1.78. The van der Waals surface area contributed by atoms with E-state index in [-0.39, 0.29) is 5.91 Å². The Labute approximate surface area is 161 Å². The summed E-state index contributed by atoms with van der Waals surface area (Å²) in [5.41, 5.74) is 1.74. The predicted octanol–water partition coefficient (Wildman–Crippen LogP) is 4.09. The molecule has 0 N–H and O–H groups in total. The molecule has 0 radical (unpaired) electrons. The molecule has 1 fully saturated rings. The van der Waals surface area contributed by atoms with Crippen LogP contribution in [0, 0.1) is 0 Å². The maximum Gasteiger partial charge on any atom is 0.253 e. The van der Waals surface area contributed by atoms with Crippen LogP contribution in [0.4, 0.5) is 0 Å². The van der Waals surface area contributed by atoms with Gasteiger partial charge in [0.25, 0.3) is 5.91 Å². The van der Waals surface area contributed by atoms with E-state index in [0.29, 0.717) is 36.2 Å². The van der Waals surface area contributed by atoms with E-state index in [2.05, 4.69) is 18.2 Å². The Morgan fingerprint density at radius 2 is 1.81 bits per heavy atom. The first-order valence-electron chi connectivity index (χ1n) is 9.32. The molecular formula is C21H20N2O3S. The van der Waals surface area contributed by atoms with Crippen molar-refractivity contribution in [3.05, 3.63) is 53.0 Å². The fourth-order valence-corrected chi connectivity index (χ4v) is 4.89. The number of aromatic nitrogens is 1. The molecule has 2 aliphatic rings. The van der Waals surface area contributed by atoms with Crippen molar-refractivity contribution in [3.8, 4) is 11.5 Å². The highest BCUT2D eigenvalue weighted by atomic mass is 32.1. The summed E-state index contributed by atoms with van der Waals surface area (Å²) in [5.74, 6) is 1.88. The third kappa shape index (κ3) is 3.14. The summed E-state index contributed by atoms with van der Waals surface area (Å²) in [6.45, 7) is 2.60. The van der Waals surface area contributed by atoms with Gasteiger partial charge in [0.05, 0.1) is 15.2 Å². The Hall–Kier alpha value is -2.60. The minimum atomic E-state index is 0.0646. The maximum absolute atomic E-state index is 12.9. The van der Waals surface area contributed by atoms with E-state index in [0.717, 1.165) is 31.4 Å². The molecule has 6 heteroatoms. The minimum Gasteiger partial charge on any atom is -0.486 e. The summed E-state index contributed by atoms with van der Waals surface area (Å²) in [4.78, 5) is 19.6. The van der Waals surface area contributed by atoms with Gasteiger partial charge in [0.1, 0.15) is 13.2 Å². The number of para-hydroxylation sites is 1. The zero-order valence-electron chi connectivity index (χ0n) is 14.9. The number of carbonyl (C=O) groups is 1. The first-order chi connectivity index (χ1) is 13.3. The molecule has 3 heterocycles. The number of fused-ring (bicyclic) bond motifs is 2. The Morgan fingerprint density at radius 1 is 1.04 bits per heavy atom. The minimum absolute atomic E-state index is 0.0646. The number of benzene rings is 2. The van der Waals surface area contributed by atoms with E-state index >= 15 is 0 Å². The van der Waals surface area contributed by atoms with Crippen molar-refractivity contribution >= 4 is 27.5 Å². The van der Waals surface area contributed by atoms with E-state index < -0.39 is 0 Å². The van der Waals surface area contributed by atoms with Gasteiger partial charge in [-0.1, -0.05) is 12.1 Å². The molecule has 0 aliphatic carbocycles. The number of nitrogens with zero attached hydrogens (tertiary/aromatic N) is 2. The highest BCUT2D eigenvalue weighted by molar-refractivity contribution is 7.18. The largest absolute Gasteiger partial charge is 0.486 e. The van der Waals surface area contributed by atoms with Gasteiger partial charge in [0, 0.05) is 24.6 Å². The summed E-state index contributed by atoms with van der Waals surface area (Å²) < 4.78 is 12.4. The van der Waals surface area contributed by atoms with Crippen molar-refractivity contribution in [2.75, 3.05) is 26.3 Å². The lowest BCUT2D eigenvalue weighted by Crippen LogP contribution is -2.38. The second-order valence-electron chi connectivity index (χ2n) is 6.94. The van der Waals surface area contributed by atoms with E-state index in [4.69, 9.17) is 14.5 Å². The topological polar surface area (TPSA) is 51.7 Å². The van der Waals surface area contributed by atoms with Crippen LogP contribution in [-0.2, 0) is 0 Å². The summed E-state index contributed by atoms with van der Waals surface area (Å²) in [7, 11) is 0. The molecule has 0 bridgehead atoms. The lowest BCUT2D eigenvalue weighted by molar-refractivity contribution is 0.0712. The molecule has 5 nitrogen and oxygen atoms in total. The monoisotopic (exact) mass is 380 g/mol. The van der Waals surface area contributed by atoms with Crippen molar-refractivity contribution in [1.82, 2.24) is 9.88 Å². The third-order valence-electron chi connectivity index (χ3n) is 5.23. The Morgan fingerprint density at radius 3 is 2.63 bits per heavy atom. The molecule has 2 aliphatic heterocycles. The smallest absolute Gasteiger partial charge is 0.253 e. The predicted molar refractivity (Wildman–Crippen MR) is 105 cm³/mol. The van der Waals surface area contributed by atoms with Crippen LogP contribution in [0.1, 0.15) is 34.1 Å². The number of ether oxygens (including phenoxy) is 2.